The fraction of sp³-hybridized carbons (Fsp3) is 1.00. The molecule has 0 aromatic heterocycles. The number of hydrogen-bond donors (Lipinski definition) is 0. The van der Waals surface area contributed by atoms with Gasteiger partial charge in [0.15, 0.2) is 0 Å². The molecule has 0 aliphatic rings. The Morgan fingerprint density at radius 1 is 0.647 bits per heavy atom. The SMILES string of the molecule is CCC[N-]CCC.CCC[N-]CCC.[Cl][Ti][Cl]. The Hall–Kier alpha value is 1.21. The number of halogens is 2. The molecular weight excluding hydrogens is 291 g/mol. The Morgan fingerprint density at radius 3 is 0.941 bits per heavy atom. The van der Waals surface area contributed by atoms with Gasteiger partial charge in [-0.3, -0.25) is 0 Å². The third-order valence-electron chi connectivity index (χ3n) is 1.53. The van der Waals surface area contributed by atoms with E-state index in [1.54, 1.807) is 0 Å². The molecule has 0 unspecified atom stereocenters. The Morgan fingerprint density at radius 2 is 0.824 bits per heavy atom. The molecule has 0 N–H and O–H groups in total. The molecular formula is C12H28Cl2N2Ti-2. The molecule has 0 bridgehead atoms. The van der Waals surface area contributed by atoms with Gasteiger partial charge in [0.25, 0.3) is 0 Å². The molecule has 0 fully saturated rings. The number of hydrogen-bond acceptors (Lipinski definition) is 0. The maximum absolute atomic E-state index is 4.89. The van der Waals surface area contributed by atoms with Crippen molar-refractivity contribution in [2.45, 2.75) is 53.4 Å². The van der Waals surface area contributed by atoms with Crippen LogP contribution in [0.5, 0.6) is 0 Å². The topological polar surface area (TPSA) is 28.2 Å². The molecule has 0 heterocycles. The van der Waals surface area contributed by atoms with Crippen molar-refractivity contribution in [1.82, 2.24) is 0 Å². The van der Waals surface area contributed by atoms with E-state index < -0.39 is 17.0 Å². The van der Waals surface area contributed by atoms with Crippen molar-refractivity contribution < 1.29 is 17.0 Å². The first-order valence-corrected chi connectivity index (χ1v) is 10.8. The van der Waals surface area contributed by atoms with E-state index in [4.69, 9.17) is 18.6 Å². The molecule has 5 heteroatoms. The zero-order valence-electron chi connectivity index (χ0n) is 11.8. The zero-order valence-corrected chi connectivity index (χ0v) is 14.9. The molecule has 0 atom stereocenters. The van der Waals surface area contributed by atoms with E-state index in [0.29, 0.717) is 0 Å². The summed E-state index contributed by atoms with van der Waals surface area (Å²) in [5, 5.41) is 8.42. The van der Waals surface area contributed by atoms with Crippen LogP contribution in [0, 0.1) is 0 Å². The van der Waals surface area contributed by atoms with Crippen LogP contribution in [0.3, 0.4) is 0 Å². The average molecular weight is 319 g/mol. The molecule has 17 heavy (non-hydrogen) atoms. The summed E-state index contributed by atoms with van der Waals surface area (Å²) in [7, 11) is 9.78. The van der Waals surface area contributed by atoms with Crippen LogP contribution in [0.1, 0.15) is 53.4 Å². The Labute approximate surface area is 125 Å². The van der Waals surface area contributed by atoms with Crippen molar-refractivity contribution in [2.75, 3.05) is 26.2 Å². The van der Waals surface area contributed by atoms with E-state index in [2.05, 4.69) is 38.3 Å². The second-order valence-corrected chi connectivity index (χ2v) is 5.99. The summed E-state index contributed by atoms with van der Waals surface area (Å²) in [6.07, 6.45) is 4.78. The van der Waals surface area contributed by atoms with Crippen LogP contribution >= 0.6 is 18.6 Å². The van der Waals surface area contributed by atoms with E-state index in [-0.39, 0.29) is 0 Å². The number of nitrogens with zero attached hydrogens (tertiary/aromatic N) is 2. The summed E-state index contributed by atoms with van der Waals surface area (Å²) in [5.74, 6) is 0. The van der Waals surface area contributed by atoms with Crippen molar-refractivity contribution >= 4 is 18.6 Å². The fourth-order valence-electron chi connectivity index (χ4n) is 0.856. The normalized spacial score (nSPS) is 8.59. The molecule has 0 aliphatic heterocycles. The zero-order chi connectivity index (χ0) is 13.8. The van der Waals surface area contributed by atoms with Gasteiger partial charge >= 0.3 is 35.6 Å². The summed E-state index contributed by atoms with van der Waals surface area (Å²) >= 11 is -0.556. The summed E-state index contributed by atoms with van der Waals surface area (Å²) in [5.41, 5.74) is 0. The van der Waals surface area contributed by atoms with Gasteiger partial charge in [-0.25, -0.2) is 0 Å². The molecule has 0 spiro atoms. The van der Waals surface area contributed by atoms with Gasteiger partial charge in [0, 0.05) is 0 Å². The number of rotatable bonds is 8. The maximum atomic E-state index is 4.89. The van der Waals surface area contributed by atoms with E-state index >= 15 is 0 Å². The van der Waals surface area contributed by atoms with Crippen molar-refractivity contribution in [2.24, 2.45) is 0 Å². The summed E-state index contributed by atoms with van der Waals surface area (Å²) < 4.78 is 0. The van der Waals surface area contributed by atoms with Crippen molar-refractivity contribution in [1.29, 1.82) is 0 Å². The van der Waals surface area contributed by atoms with Crippen LogP contribution < -0.4 is 0 Å². The molecule has 0 aromatic carbocycles. The van der Waals surface area contributed by atoms with E-state index in [0.717, 1.165) is 26.2 Å². The molecule has 106 valence electrons. The minimum atomic E-state index is -0.556. The first kappa shape index (κ1) is 23.3. The van der Waals surface area contributed by atoms with Crippen LogP contribution in [0.15, 0.2) is 0 Å². The van der Waals surface area contributed by atoms with Gasteiger partial charge in [-0.15, -0.1) is 26.2 Å². The van der Waals surface area contributed by atoms with Gasteiger partial charge in [-0.1, -0.05) is 53.4 Å². The monoisotopic (exact) mass is 318 g/mol. The van der Waals surface area contributed by atoms with E-state index in [1.807, 2.05) is 0 Å². The Kier molecular flexibility index (Phi) is 41.6. The molecule has 0 rings (SSSR count). The minimum absolute atomic E-state index is 0.556. The summed E-state index contributed by atoms with van der Waals surface area (Å²) in [4.78, 5) is 0. The third-order valence-corrected chi connectivity index (χ3v) is 1.53. The summed E-state index contributed by atoms with van der Waals surface area (Å²) in [6.45, 7) is 12.8. The van der Waals surface area contributed by atoms with Crippen LogP contribution in [0.4, 0.5) is 0 Å². The van der Waals surface area contributed by atoms with Gasteiger partial charge < -0.3 is 10.6 Å². The van der Waals surface area contributed by atoms with Crippen molar-refractivity contribution in [3.63, 3.8) is 0 Å². The predicted octanol–water partition coefficient (Wildman–Crippen LogP) is 5.74. The molecule has 0 amide bonds. The standard InChI is InChI=1S/2C6H14N.2ClH.Ti/c2*1-3-5-7-6-4-2;;;/h2*3-6H2,1-2H3;2*1H;/q2*-1;;;+2/p-2. The molecule has 0 saturated heterocycles. The quantitative estimate of drug-likeness (QED) is 0.403. The molecule has 2 nitrogen and oxygen atoms in total. The van der Waals surface area contributed by atoms with Crippen LogP contribution in [0.2, 0.25) is 0 Å². The summed E-state index contributed by atoms with van der Waals surface area (Å²) in [6, 6.07) is 0. The second-order valence-electron chi connectivity index (χ2n) is 3.41. The third kappa shape index (κ3) is 46.9. The Bertz CT molecular complexity index is 80.6. The van der Waals surface area contributed by atoms with E-state index in [9.17, 15) is 0 Å². The first-order valence-electron chi connectivity index (χ1n) is 6.47. The first-order chi connectivity index (χ1) is 8.24. The van der Waals surface area contributed by atoms with Gasteiger partial charge in [-0.2, -0.15) is 0 Å². The Balaban J connectivity index is -0.000000188. The van der Waals surface area contributed by atoms with Crippen LogP contribution in [0.25, 0.3) is 10.6 Å². The molecule has 0 saturated carbocycles. The predicted molar refractivity (Wildman–Crippen MR) is 79.1 cm³/mol. The van der Waals surface area contributed by atoms with Gasteiger partial charge in [0.2, 0.25) is 0 Å². The average Bonchev–Trinajstić information content (AvgIpc) is 2.32. The van der Waals surface area contributed by atoms with E-state index in [1.165, 1.54) is 25.7 Å². The van der Waals surface area contributed by atoms with Gasteiger partial charge in [0.1, 0.15) is 0 Å². The van der Waals surface area contributed by atoms with Crippen molar-refractivity contribution in [3.8, 4) is 0 Å². The van der Waals surface area contributed by atoms with Gasteiger partial charge in [0.05, 0.1) is 0 Å². The van der Waals surface area contributed by atoms with Crippen LogP contribution in [-0.2, 0) is 17.0 Å². The molecule has 0 aliphatic carbocycles. The second kappa shape index (κ2) is 30.3. The van der Waals surface area contributed by atoms with Crippen molar-refractivity contribution in [3.05, 3.63) is 10.6 Å². The molecule has 0 aromatic rings. The molecule has 0 radical (unpaired) electrons. The fourth-order valence-corrected chi connectivity index (χ4v) is 0.856. The van der Waals surface area contributed by atoms with Crippen LogP contribution in [-0.4, -0.2) is 26.2 Å². The van der Waals surface area contributed by atoms with Gasteiger partial charge in [-0.05, 0) is 0 Å².